The molecular formula is C54H90F3O6S3. The second kappa shape index (κ2) is 31.2. The monoisotopic (exact) mass is 988 g/mol. The molecular weight excluding hydrogens is 898 g/mol. The van der Waals surface area contributed by atoms with Crippen molar-refractivity contribution in [3.05, 3.63) is 86.5 Å². The summed E-state index contributed by atoms with van der Waals surface area (Å²) in [6, 6.07) is 13.1. The standard InChI is InChI=1S/3C18H29O2S.3FH/c3*1-12(2)19-10-14-8-16(18(5,6)7)9-15(17(14)21)11-20-13(3)4;;;/h3*8-9,12-13H,10-11H2,1-7H3;3*1H. The maximum absolute atomic E-state index is 5.75. The van der Waals surface area contributed by atoms with Crippen molar-refractivity contribution in [2.24, 2.45) is 0 Å². The van der Waals surface area contributed by atoms with E-state index in [1.165, 1.54) is 16.7 Å². The topological polar surface area (TPSA) is 55.4 Å². The zero-order valence-electron chi connectivity index (χ0n) is 44.6. The van der Waals surface area contributed by atoms with Gasteiger partial charge in [-0.3, -0.25) is 14.1 Å². The second-order valence-electron chi connectivity index (χ2n) is 21.3. The average Bonchev–Trinajstić information content (AvgIpc) is 3.14. The summed E-state index contributed by atoms with van der Waals surface area (Å²) >= 11 is 16.9. The summed E-state index contributed by atoms with van der Waals surface area (Å²) in [7, 11) is 0. The minimum absolute atomic E-state index is 0. The number of ether oxygens (including phenoxy) is 6. The first-order valence-corrected chi connectivity index (χ1v) is 24.2. The van der Waals surface area contributed by atoms with Crippen LogP contribution in [0.1, 0.15) is 195 Å². The van der Waals surface area contributed by atoms with E-state index in [-0.39, 0.29) is 67.0 Å². The lowest BCUT2D eigenvalue weighted by Gasteiger charge is -2.23. The summed E-state index contributed by atoms with van der Waals surface area (Å²) in [4.78, 5) is 2.64. The fourth-order valence-electron chi connectivity index (χ4n) is 5.74. The van der Waals surface area contributed by atoms with E-state index in [1.807, 2.05) is 83.1 Å². The third-order valence-electron chi connectivity index (χ3n) is 9.76. The molecule has 0 aliphatic carbocycles. The van der Waals surface area contributed by atoms with E-state index in [0.717, 1.165) is 48.1 Å². The molecule has 0 aliphatic heterocycles. The SMILES string of the molecule is CC(C)OCc1cc(C(C)(C)C)cc(COC(C)C)c1[S].CC(C)OCc1cc(C(C)(C)C)cc(COC(C)C)c1[S].CC(C)OCc1cc(C(C)(C)C)cc(COC(C)C)c1[S].F.F.F. The quantitative estimate of drug-likeness (QED) is 0.127. The zero-order chi connectivity index (χ0) is 48.6. The van der Waals surface area contributed by atoms with Gasteiger partial charge in [0.25, 0.3) is 0 Å². The molecule has 381 valence electrons. The van der Waals surface area contributed by atoms with Crippen LogP contribution in [0.4, 0.5) is 14.1 Å². The molecule has 12 heteroatoms. The first-order chi connectivity index (χ1) is 28.8. The van der Waals surface area contributed by atoms with Gasteiger partial charge in [-0.05, 0) is 149 Å². The number of benzene rings is 3. The van der Waals surface area contributed by atoms with E-state index >= 15 is 0 Å². The van der Waals surface area contributed by atoms with E-state index in [4.69, 9.17) is 66.3 Å². The highest BCUT2D eigenvalue weighted by molar-refractivity contribution is 7.80. The molecule has 6 nitrogen and oxygen atoms in total. The van der Waals surface area contributed by atoms with Gasteiger partial charge in [0.05, 0.1) is 76.3 Å². The van der Waals surface area contributed by atoms with E-state index in [9.17, 15) is 0 Å². The molecule has 66 heavy (non-hydrogen) atoms. The Morgan fingerprint density at radius 3 is 0.515 bits per heavy atom. The molecule has 0 atom stereocenters. The van der Waals surface area contributed by atoms with Gasteiger partial charge in [-0.15, -0.1) is 0 Å². The molecule has 0 N–H and O–H groups in total. The highest BCUT2D eigenvalue weighted by Crippen LogP contribution is 2.33. The molecule has 0 aliphatic rings. The van der Waals surface area contributed by atoms with Crippen molar-refractivity contribution < 1.29 is 42.5 Å². The van der Waals surface area contributed by atoms with Crippen LogP contribution in [-0.2, 0) is 84.3 Å². The third-order valence-corrected chi connectivity index (χ3v) is 11.3. The van der Waals surface area contributed by atoms with Gasteiger partial charge in [0.2, 0.25) is 0 Å². The molecule has 0 heterocycles. The van der Waals surface area contributed by atoms with Crippen LogP contribution in [0.15, 0.2) is 51.1 Å². The van der Waals surface area contributed by atoms with Crippen molar-refractivity contribution in [2.45, 2.75) is 253 Å². The molecule has 0 saturated carbocycles. The average molecular weight is 989 g/mol. The highest BCUT2D eigenvalue weighted by atomic mass is 32.1. The van der Waals surface area contributed by atoms with E-state index in [0.29, 0.717) is 39.6 Å². The van der Waals surface area contributed by atoms with Crippen molar-refractivity contribution in [1.29, 1.82) is 0 Å². The van der Waals surface area contributed by atoms with Gasteiger partial charge in [-0.25, -0.2) is 0 Å². The summed E-state index contributed by atoms with van der Waals surface area (Å²) in [5.74, 6) is 0. The maximum atomic E-state index is 5.75. The summed E-state index contributed by atoms with van der Waals surface area (Å²) in [5.41, 5.74) is 10.6. The van der Waals surface area contributed by atoms with Crippen LogP contribution in [0.2, 0.25) is 0 Å². The molecule has 3 rings (SSSR count). The predicted octanol–water partition coefficient (Wildman–Crippen LogP) is 16.6. The van der Waals surface area contributed by atoms with Crippen LogP contribution < -0.4 is 0 Å². The van der Waals surface area contributed by atoms with E-state index in [2.05, 4.69) is 98.7 Å². The van der Waals surface area contributed by atoms with Gasteiger partial charge >= 0.3 is 0 Å². The van der Waals surface area contributed by atoms with Crippen molar-refractivity contribution in [1.82, 2.24) is 0 Å². The Bertz CT molecular complexity index is 1500. The number of hydrogen-bond donors (Lipinski definition) is 0. The molecule has 0 unspecified atom stereocenters. The fraction of sp³-hybridized carbons (Fsp3) is 0.667. The lowest BCUT2D eigenvalue weighted by Crippen LogP contribution is -2.14. The Labute approximate surface area is 417 Å². The Hall–Kier alpha value is -2.13. The van der Waals surface area contributed by atoms with Crippen LogP contribution in [0.5, 0.6) is 0 Å². The Morgan fingerprint density at radius 1 is 0.303 bits per heavy atom. The molecule has 3 aromatic rings. The second-order valence-corrected chi connectivity index (χ2v) is 22.5. The van der Waals surface area contributed by atoms with Gasteiger partial charge in [-0.2, -0.15) is 0 Å². The van der Waals surface area contributed by atoms with Gasteiger partial charge in [0.15, 0.2) is 0 Å². The fourth-order valence-corrected chi connectivity index (χ4v) is 6.45. The minimum Gasteiger partial charge on any atom is -0.374 e. The first-order valence-electron chi connectivity index (χ1n) is 23.0. The zero-order valence-corrected chi connectivity index (χ0v) is 47.0. The summed E-state index contributed by atoms with van der Waals surface area (Å²) < 4.78 is 34.5. The summed E-state index contributed by atoms with van der Waals surface area (Å²) in [5, 5.41) is 0. The number of hydrogen-bond acceptors (Lipinski definition) is 6. The van der Waals surface area contributed by atoms with Gasteiger partial charge in [0.1, 0.15) is 0 Å². The van der Waals surface area contributed by atoms with Gasteiger partial charge < -0.3 is 28.4 Å². The Morgan fingerprint density at radius 2 is 0.424 bits per heavy atom. The van der Waals surface area contributed by atoms with E-state index < -0.39 is 0 Å². The first kappa shape index (κ1) is 68.1. The smallest absolute Gasteiger partial charge is 0.0734 e. The van der Waals surface area contributed by atoms with E-state index in [1.54, 1.807) is 0 Å². The normalized spacial score (nSPS) is 11.9. The van der Waals surface area contributed by atoms with Crippen molar-refractivity contribution in [2.75, 3.05) is 0 Å². The van der Waals surface area contributed by atoms with Gasteiger partial charge in [0, 0.05) is 14.7 Å². The van der Waals surface area contributed by atoms with Crippen LogP contribution in [-0.4, -0.2) is 36.6 Å². The Balaban J connectivity index is -0.000000882. The van der Waals surface area contributed by atoms with Crippen LogP contribution in [0.25, 0.3) is 0 Å². The van der Waals surface area contributed by atoms with Crippen LogP contribution in [0, 0.1) is 0 Å². The molecule has 3 aromatic carbocycles. The van der Waals surface area contributed by atoms with Crippen molar-refractivity contribution >= 4 is 37.9 Å². The molecule has 0 fully saturated rings. The summed E-state index contributed by atoms with van der Waals surface area (Å²) in [6.07, 6.45) is 1.21. The van der Waals surface area contributed by atoms with Crippen LogP contribution >= 0.6 is 37.9 Å². The molecule has 0 aromatic heterocycles. The predicted molar refractivity (Wildman–Crippen MR) is 280 cm³/mol. The molecule has 0 bridgehead atoms. The van der Waals surface area contributed by atoms with Crippen molar-refractivity contribution in [3.8, 4) is 0 Å². The largest absolute Gasteiger partial charge is 0.374 e. The van der Waals surface area contributed by atoms with Crippen molar-refractivity contribution in [3.63, 3.8) is 0 Å². The maximum Gasteiger partial charge on any atom is 0.0734 e. The minimum atomic E-state index is 0. The molecule has 3 radical (unpaired) electrons. The lowest BCUT2D eigenvalue weighted by atomic mass is 9.85. The number of rotatable bonds is 18. The van der Waals surface area contributed by atoms with Gasteiger partial charge in [-0.1, -0.05) is 137 Å². The van der Waals surface area contributed by atoms with Crippen LogP contribution in [0.3, 0.4) is 0 Å². The molecule has 0 spiro atoms. The Kier molecular flexibility index (Phi) is 32.2. The highest BCUT2D eigenvalue weighted by Gasteiger charge is 2.22. The molecule has 0 saturated heterocycles. The lowest BCUT2D eigenvalue weighted by molar-refractivity contribution is 0.0596. The molecule has 0 amide bonds. The third kappa shape index (κ3) is 26.0. The number of halogens is 3. The summed E-state index contributed by atoms with van der Waals surface area (Å²) in [6.45, 7) is 47.8.